The number of sulfone groups is 1. The summed E-state index contributed by atoms with van der Waals surface area (Å²) < 4.78 is 30.8. The number of para-hydroxylation sites is 2. The molecule has 0 radical (unpaired) electrons. The number of methoxy groups -OCH3 is 1. The largest absolute Gasteiger partial charge is 0.496 e. The van der Waals surface area contributed by atoms with Crippen LogP contribution in [0.3, 0.4) is 0 Å². The number of nitrogens with one attached hydrogen (secondary N) is 1. The summed E-state index contributed by atoms with van der Waals surface area (Å²) in [4.78, 5) is 44.0. The number of anilines is 2. The van der Waals surface area contributed by atoms with E-state index in [1.165, 1.54) is 4.90 Å². The summed E-state index contributed by atoms with van der Waals surface area (Å²) in [5, 5.41) is 4.73. The molecule has 3 amide bonds. The van der Waals surface area contributed by atoms with Crippen molar-refractivity contribution in [1.82, 2.24) is 5.32 Å². The van der Waals surface area contributed by atoms with Gasteiger partial charge in [-0.3, -0.25) is 14.4 Å². The first kappa shape index (κ1) is 31.5. The van der Waals surface area contributed by atoms with Crippen molar-refractivity contribution in [3.8, 4) is 5.75 Å². The highest BCUT2D eigenvalue weighted by atomic mass is 79.9. The van der Waals surface area contributed by atoms with Gasteiger partial charge in [0.25, 0.3) is 5.91 Å². The predicted octanol–water partition coefficient (Wildman–Crippen LogP) is 4.85. The smallest absolute Gasteiger partial charge is 0.251 e. The standard InChI is InChI=1S/C31H36BrN3O6S/c1-5-9-20(6-2)30(37)33-25-18-34(29(36)19-42(4,39)40)26-10-7-8-11-27(26)35(31(25)38)17-24-23-14-13-22(32)16-21(23)12-15-28(24)41-3/h7-8,10-16,20,25H,5-6,9,17-19H2,1-4H3,(H,33,37)/t20-,25+/m1/s1. The Kier molecular flexibility index (Phi) is 9.93. The van der Waals surface area contributed by atoms with Gasteiger partial charge in [-0.2, -0.15) is 0 Å². The molecule has 1 N–H and O–H groups in total. The second kappa shape index (κ2) is 13.2. The summed E-state index contributed by atoms with van der Waals surface area (Å²) in [6, 6.07) is 15.4. The Morgan fingerprint density at radius 1 is 1.10 bits per heavy atom. The first-order valence-corrected chi connectivity index (χ1v) is 16.8. The molecule has 224 valence electrons. The molecule has 0 unspecified atom stereocenters. The van der Waals surface area contributed by atoms with Gasteiger partial charge in [0.2, 0.25) is 11.8 Å². The minimum absolute atomic E-state index is 0.0879. The number of nitrogens with zero attached hydrogens (tertiary/aromatic N) is 2. The minimum Gasteiger partial charge on any atom is -0.496 e. The number of ether oxygens (including phenoxy) is 1. The Labute approximate surface area is 255 Å². The molecule has 0 spiro atoms. The fourth-order valence-corrected chi connectivity index (χ4v) is 6.39. The number of rotatable bonds is 10. The van der Waals surface area contributed by atoms with Gasteiger partial charge in [0.05, 0.1) is 31.6 Å². The van der Waals surface area contributed by atoms with E-state index in [0.717, 1.165) is 33.5 Å². The van der Waals surface area contributed by atoms with Gasteiger partial charge in [0.15, 0.2) is 9.84 Å². The topological polar surface area (TPSA) is 113 Å². The molecule has 1 aliphatic heterocycles. The van der Waals surface area contributed by atoms with E-state index in [1.807, 2.05) is 44.2 Å². The van der Waals surface area contributed by atoms with Crippen molar-refractivity contribution in [1.29, 1.82) is 0 Å². The highest BCUT2D eigenvalue weighted by Crippen LogP contribution is 2.37. The molecule has 0 saturated carbocycles. The van der Waals surface area contributed by atoms with Gasteiger partial charge in [0, 0.05) is 22.2 Å². The molecule has 0 bridgehead atoms. The van der Waals surface area contributed by atoms with Crippen LogP contribution in [0, 0.1) is 5.92 Å². The zero-order valence-electron chi connectivity index (χ0n) is 24.2. The number of hydrogen-bond acceptors (Lipinski definition) is 6. The first-order valence-electron chi connectivity index (χ1n) is 13.9. The van der Waals surface area contributed by atoms with Crippen molar-refractivity contribution >= 4 is 65.6 Å². The number of carbonyl (C=O) groups is 3. The van der Waals surface area contributed by atoms with Crippen molar-refractivity contribution in [2.75, 3.05) is 35.5 Å². The fourth-order valence-electron chi connectivity index (χ4n) is 5.41. The van der Waals surface area contributed by atoms with Gasteiger partial charge in [-0.15, -0.1) is 0 Å². The predicted molar refractivity (Wildman–Crippen MR) is 169 cm³/mol. The van der Waals surface area contributed by atoms with Crippen LogP contribution in [0.15, 0.2) is 59.1 Å². The van der Waals surface area contributed by atoms with Gasteiger partial charge in [0.1, 0.15) is 17.5 Å². The molecule has 2 atom stereocenters. The number of carbonyl (C=O) groups excluding carboxylic acids is 3. The lowest BCUT2D eigenvalue weighted by molar-refractivity contribution is -0.130. The van der Waals surface area contributed by atoms with E-state index in [4.69, 9.17) is 4.74 Å². The molecular weight excluding hydrogens is 622 g/mol. The van der Waals surface area contributed by atoms with Crippen LogP contribution in [0.2, 0.25) is 0 Å². The van der Waals surface area contributed by atoms with Crippen LogP contribution in [0.1, 0.15) is 38.7 Å². The molecule has 0 saturated heterocycles. The molecule has 0 aliphatic carbocycles. The molecule has 0 fully saturated rings. The summed E-state index contributed by atoms with van der Waals surface area (Å²) in [5.74, 6) is -1.79. The maximum absolute atomic E-state index is 14.4. The second-order valence-electron chi connectivity index (χ2n) is 10.6. The normalized spacial score (nSPS) is 16.1. The third kappa shape index (κ3) is 6.95. The van der Waals surface area contributed by atoms with Gasteiger partial charge in [-0.1, -0.05) is 60.5 Å². The summed E-state index contributed by atoms with van der Waals surface area (Å²) in [6.07, 6.45) is 3.06. The first-order chi connectivity index (χ1) is 20.0. The molecule has 3 aromatic carbocycles. The molecule has 42 heavy (non-hydrogen) atoms. The van der Waals surface area contributed by atoms with Crippen molar-refractivity contribution in [3.63, 3.8) is 0 Å². The van der Waals surface area contributed by atoms with Crippen LogP contribution < -0.4 is 19.9 Å². The maximum Gasteiger partial charge on any atom is 0.251 e. The van der Waals surface area contributed by atoms with Gasteiger partial charge >= 0.3 is 0 Å². The zero-order chi connectivity index (χ0) is 30.6. The molecular formula is C31H36BrN3O6S. The van der Waals surface area contributed by atoms with Crippen molar-refractivity contribution in [2.45, 2.75) is 45.7 Å². The Hall–Kier alpha value is -3.44. The molecule has 11 heteroatoms. The minimum atomic E-state index is -3.66. The maximum atomic E-state index is 14.4. The van der Waals surface area contributed by atoms with E-state index in [2.05, 4.69) is 21.2 Å². The van der Waals surface area contributed by atoms with E-state index >= 15 is 0 Å². The molecule has 9 nitrogen and oxygen atoms in total. The SMILES string of the molecule is CCC[C@@H](CC)C(=O)N[C@H]1CN(C(=O)CS(C)(=O)=O)c2ccccc2N(Cc2c(OC)ccc3cc(Br)ccc23)C1=O. The van der Waals surface area contributed by atoms with Gasteiger partial charge < -0.3 is 19.9 Å². The summed E-state index contributed by atoms with van der Waals surface area (Å²) in [6.45, 7) is 3.80. The van der Waals surface area contributed by atoms with E-state index in [1.54, 1.807) is 36.3 Å². The Bertz CT molecular complexity index is 1610. The van der Waals surface area contributed by atoms with Crippen LogP contribution in [-0.2, 0) is 30.8 Å². The second-order valence-corrected chi connectivity index (χ2v) is 13.6. The van der Waals surface area contributed by atoms with Gasteiger partial charge in [-0.05, 0) is 53.9 Å². The van der Waals surface area contributed by atoms with Crippen molar-refractivity contribution in [2.24, 2.45) is 5.92 Å². The molecule has 4 rings (SSSR count). The molecule has 1 heterocycles. The summed E-state index contributed by atoms with van der Waals surface area (Å²) in [5.41, 5.74) is 1.57. The number of fused-ring (bicyclic) bond motifs is 2. The average Bonchev–Trinajstić information content (AvgIpc) is 3.05. The van der Waals surface area contributed by atoms with Crippen LogP contribution in [0.4, 0.5) is 11.4 Å². The van der Waals surface area contributed by atoms with Crippen LogP contribution in [0.25, 0.3) is 10.8 Å². The Morgan fingerprint density at radius 2 is 1.81 bits per heavy atom. The van der Waals surface area contributed by atoms with E-state index in [0.29, 0.717) is 30.0 Å². The molecule has 1 aliphatic rings. The number of amides is 3. The highest BCUT2D eigenvalue weighted by Gasteiger charge is 2.38. The number of hydrogen-bond donors (Lipinski definition) is 1. The molecule has 3 aromatic rings. The lowest BCUT2D eigenvalue weighted by atomic mass is 9.99. The lowest BCUT2D eigenvalue weighted by Crippen LogP contribution is -2.54. The fraction of sp³-hybridized carbons (Fsp3) is 0.387. The van der Waals surface area contributed by atoms with Crippen LogP contribution >= 0.6 is 15.9 Å². The third-order valence-corrected chi connectivity index (χ3v) is 8.75. The van der Waals surface area contributed by atoms with Crippen LogP contribution in [-0.4, -0.2) is 57.8 Å². The Morgan fingerprint density at radius 3 is 2.45 bits per heavy atom. The van der Waals surface area contributed by atoms with Gasteiger partial charge in [-0.25, -0.2) is 8.42 Å². The van der Waals surface area contributed by atoms with E-state index in [9.17, 15) is 22.8 Å². The number of benzene rings is 3. The quantitative estimate of drug-likeness (QED) is 0.334. The average molecular weight is 659 g/mol. The summed E-state index contributed by atoms with van der Waals surface area (Å²) >= 11 is 3.52. The molecule has 0 aromatic heterocycles. The monoisotopic (exact) mass is 657 g/mol. The zero-order valence-corrected chi connectivity index (χ0v) is 26.6. The van der Waals surface area contributed by atoms with E-state index < -0.39 is 33.4 Å². The van der Waals surface area contributed by atoms with Crippen LogP contribution in [0.5, 0.6) is 5.75 Å². The number of halogens is 1. The van der Waals surface area contributed by atoms with E-state index in [-0.39, 0.29) is 24.9 Å². The summed E-state index contributed by atoms with van der Waals surface area (Å²) in [7, 11) is -2.10. The lowest BCUT2D eigenvalue weighted by Gasteiger charge is -2.27. The van der Waals surface area contributed by atoms with Crippen molar-refractivity contribution in [3.05, 3.63) is 64.6 Å². The Balaban J connectivity index is 1.86. The highest BCUT2D eigenvalue weighted by molar-refractivity contribution is 9.10. The van der Waals surface area contributed by atoms with Crippen molar-refractivity contribution < 1.29 is 27.5 Å². The third-order valence-electron chi connectivity index (χ3n) is 7.48.